The molecule has 5 nitrogen and oxygen atoms in total. The number of carbonyl (C=O) groups excluding carboxylic acids is 2. The van der Waals surface area contributed by atoms with Gasteiger partial charge in [0, 0.05) is 32.1 Å². The first-order valence-corrected chi connectivity index (χ1v) is 12.5. The van der Waals surface area contributed by atoms with E-state index in [1.807, 2.05) is 9.80 Å². The smallest absolute Gasteiger partial charge is 0.227 e. The molecule has 33 heavy (non-hydrogen) atoms. The van der Waals surface area contributed by atoms with E-state index in [0.29, 0.717) is 26.1 Å². The first kappa shape index (κ1) is 23.5. The number of aryl methyl sites for hydroxylation is 1. The third kappa shape index (κ3) is 5.64. The molecule has 0 radical (unpaired) electrons. The molecular formula is C28H37N3O2. The van der Waals surface area contributed by atoms with E-state index in [4.69, 9.17) is 0 Å². The first-order valence-electron chi connectivity index (χ1n) is 12.5. The Labute approximate surface area is 198 Å². The molecule has 0 spiro atoms. The minimum absolute atomic E-state index is 0.0829. The predicted molar refractivity (Wildman–Crippen MR) is 133 cm³/mol. The molecule has 0 aromatic heterocycles. The summed E-state index contributed by atoms with van der Waals surface area (Å²) >= 11 is 0. The Morgan fingerprint density at radius 2 is 1.76 bits per heavy atom. The van der Waals surface area contributed by atoms with Gasteiger partial charge in [0.15, 0.2) is 0 Å². The molecule has 1 N–H and O–H groups in total. The van der Waals surface area contributed by atoms with Gasteiger partial charge >= 0.3 is 0 Å². The lowest BCUT2D eigenvalue weighted by Crippen LogP contribution is -2.43. The first-order chi connectivity index (χ1) is 16.1. The van der Waals surface area contributed by atoms with Crippen LogP contribution in [0.25, 0.3) is 11.1 Å². The van der Waals surface area contributed by atoms with E-state index in [-0.39, 0.29) is 23.7 Å². The molecule has 2 saturated heterocycles. The predicted octanol–water partition coefficient (Wildman–Crippen LogP) is 3.90. The molecule has 0 bridgehead atoms. The van der Waals surface area contributed by atoms with Gasteiger partial charge in [0.25, 0.3) is 0 Å². The molecule has 0 saturated carbocycles. The molecule has 2 aromatic carbocycles. The van der Waals surface area contributed by atoms with Crippen molar-refractivity contribution in [3.63, 3.8) is 0 Å². The number of rotatable bonds is 6. The maximum Gasteiger partial charge on any atom is 0.227 e. The monoisotopic (exact) mass is 447 g/mol. The number of hydrogen-bond donors (Lipinski definition) is 1. The van der Waals surface area contributed by atoms with Crippen LogP contribution in [0.15, 0.2) is 48.5 Å². The van der Waals surface area contributed by atoms with Gasteiger partial charge in [-0.1, -0.05) is 61.0 Å². The van der Waals surface area contributed by atoms with Crippen LogP contribution in [-0.4, -0.2) is 60.9 Å². The van der Waals surface area contributed by atoms with Crippen molar-refractivity contribution < 1.29 is 9.59 Å². The summed E-state index contributed by atoms with van der Waals surface area (Å²) in [6.45, 7) is 8.56. The molecule has 2 aliphatic heterocycles. The second-order valence-electron chi connectivity index (χ2n) is 9.56. The zero-order valence-corrected chi connectivity index (χ0v) is 20.1. The van der Waals surface area contributed by atoms with Crippen molar-refractivity contribution in [1.82, 2.24) is 15.1 Å². The van der Waals surface area contributed by atoms with E-state index in [2.05, 4.69) is 67.7 Å². The van der Waals surface area contributed by atoms with Crippen LogP contribution in [-0.2, 0) is 16.0 Å². The molecule has 2 aromatic rings. The van der Waals surface area contributed by atoms with E-state index in [9.17, 15) is 9.59 Å². The van der Waals surface area contributed by atoms with Crippen LogP contribution in [0, 0.1) is 18.8 Å². The number of benzene rings is 2. The zero-order valence-electron chi connectivity index (χ0n) is 20.1. The van der Waals surface area contributed by atoms with E-state index in [0.717, 1.165) is 38.9 Å². The average Bonchev–Trinajstić information content (AvgIpc) is 3.00. The third-order valence-corrected chi connectivity index (χ3v) is 7.08. The number of nitrogens with zero attached hydrogens (tertiary/aromatic N) is 2. The quantitative estimate of drug-likeness (QED) is 0.731. The highest BCUT2D eigenvalue weighted by atomic mass is 16.2. The van der Waals surface area contributed by atoms with Crippen molar-refractivity contribution in [2.45, 2.75) is 39.5 Å². The molecule has 5 heteroatoms. The molecule has 0 aliphatic carbocycles. The molecule has 1 atom stereocenters. The number of carbonyl (C=O) groups is 2. The molecule has 4 rings (SSSR count). The lowest BCUT2D eigenvalue weighted by atomic mass is 9.90. The summed E-state index contributed by atoms with van der Waals surface area (Å²) < 4.78 is 0. The van der Waals surface area contributed by atoms with Crippen LogP contribution in [0.1, 0.15) is 37.3 Å². The molecule has 2 heterocycles. The normalized spacial score (nSPS) is 20.1. The van der Waals surface area contributed by atoms with Gasteiger partial charge in [-0.2, -0.15) is 0 Å². The lowest BCUT2D eigenvalue weighted by Gasteiger charge is -2.30. The standard InChI is InChI=1S/C28H37N3O2/c1-3-16-30-17-18-31(27(32)23-12-14-29-15-13-23)20-25(28(30)33)19-24-6-4-5-7-26(24)22-10-8-21(2)9-11-22/h4-11,23,25,29H,3,12-20H2,1-2H3. The minimum Gasteiger partial charge on any atom is -0.341 e. The van der Waals surface area contributed by atoms with E-state index in [1.165, 1.54) is 22.3 Å². The summed E-state index contributed by atoms with van der Waals surface area (Å²) in [6.07, 6.45) is 3.37. The fraction of sp³-hybridized carbons (Fsp3) is 0.500. The van der Waals surface area contributed by atoms with Crippen molar-refractivity contribution in [3.05, 3.63) is 59.7 Å². The summed E-state index contributed by atoms with van der Waals surface area (Å²) in [4.78, 5) is 30.9. The maximum atomic E-state index is 13.6. The molecule has 1 unspecified atom stereocenters. The van der Waals surface area contributed by atoms with Crippen molar-refractivity contribution in [2.24, 2.45) is 11.8 Å². The van der Waals surface area contributed by atoms with Crippen LogP contribution >= 0.6 is 0 Å². The van der Waals surface area contributed by atoms with E-state index in [1.54, 1.807) is 0 Å². The van der Waals surface area contributed by atoms with E-state index < -0.39 is 0 Å². The summed E-state index contributed by atoms with van der Waals surface area (Å²) in [5.41, 5.74) is 4.75. The van der Waals surface area contributed by atoms with Gasteiger partial charge in [-0.05, 0) is 62.4 Å². The highest BCUT2D eigenvalue weighted by Crippen LogP contribution is 2.28. The average molecular weight is 448 g/mol. The Balaban J connectivity index is 1.59. The highest BCUT2D eigenvalue weighted by molar-refractivity contribution is 5.83. The van der Waals surface area contributed by atoms with Crippen molar-refractivity contribution in [2.75, 3.05) is 39.3 Å². The molecule has 2 amide bonds. The molecular weight excluding hydrogens is 410 g/mol. The van der Waals surface area contributed by atoms with Crippen LogP contribution in [0.5, 0.6) is 0 Å². The lowest BCUT2D eigenvalue weighted by molar-refractivity contribution is -0.137. The van der Waals surface area contributed by atoms with Gasteiger partial charge in [-0.15, -0.1) is 0 Å². The second-order valence-corrected chi connectivity index (χ2v) is 9.56. The number of piperidine rings is 1. The summed E-state index contributed by atoms with van der Waals surface area (Å²) in [7, 11) is 0. The SMILES string of the molecule is CCCN1CCN(C(=O)C2CCNCC2)CC(Cc2ccccc2-c2ccc(C)cc2)C1=O. The van der Waals surface area contributed by atoms with Gasteiger partial charge in [0.1, 0.15) is 0 Å². The Bertz CT molecular complexity index is 950. The van der Waals surface area contributed by atoms with Crippen LogP contribution in [0.4, 0.5) is 0 Å². The summed E-state index contributed by atoms with van der Waals surface area (Å²) in [5, 5.41) is 3.35. The Kier molecular flexibility index (Phi) is 7.81. The maximum absolute atomic E-state index is 13.6. The second kappa shape index (κ2) is 11.0. The Morgan fingerprint density at radius 1 is 1.03 bits per heavy atom. The summed E-state index contributed by atoms with van der Waals surface area (Å²) in [5.74, 6) is 0.298. The number of hydrogen-bond acceptors (Lipinski definition) is 3. The molecule has 2 fully saturated rings. The number of nitrogens with one attached hydrogen (secondary N) is 1. The third-order valence-electron chi connectivity index (χ3n) is 7.08. The van der Waals surface area contributed by atoms with Crippen molar-refractivity contribution >= 4 is 11.8 Å². The van der Waals surface area contributed by atoms with E-state index >= 15 is 0 Å². The Morgan fingerprint density at radius 3 is 2.48 bits per heavy atom. The van der Waals surface area contributed by atoms with Crippen molar-refractivity contribution in [3.8, 4) is 11.1 Å². The molecule has 2 aliphatic rings. The highest BCUT2D eigenvalue weighted by Gasteiger charge is 2.34. The van der Waals surface area contributed by atoms with Gasteiger partial charge < -0.3 is 15.1 Å². The van der Waals surface area contributed by atoms with Crippen molar-refractivity contribution in [1.29, 1.82) is 0 Å². The Hall–Kier alpha value is -2.66. The fourth-order valence-corrected chi connectivity index (χ4v) is 5.19. The topological polar surface area (TPSA) is 52.6 Å². The van der Waals surface area contributed by atoms with Gasteiger partial charge in [0.2, 0.25) is 11.8 Å². The largest absolute Gasteiger partial charge is 0.341 e. The van der Waals surface area contributed by atoms with Crippen LogP contribution in [0.2, 0.25) is 0 Å². The fourth-order valence-electron chi connectivity index (χ4n) is 5.19. The van der Waals surface area contributed by atoms with Gasteiger partial charge in [-0.25, -0.2) is 0 Å². The van der Waals surface area contributed by atoms with Crippen LogP contribution in [0.3, 0.4) is 0 Å². The van der Waals surface area contributed by atoms with Crippen LogP contribution < -0.4 is 5.32 Å². The van der Waals surface area contributed by atoms with Gasteiger partial charge in [-0.3, -0.25) is 9.59 Å². The molecule has 176 valence electrons. The number of amides is 2. The zero-order chi connectivity index (χ0) is 23.2. The van der Waals surface area contributed by atoms with Gasteiger partial charge in [0.05, 0.1) is 5.92 Å². The summed E-state index contributed by atoms with van der Waals surface area (Å²) in [6, 6.07) is 17.0. The minimum atomic E-state index is -0.212.